The molecule has 0 spiro atoms. The molecule has 0 radical (unpaired) electrons. The number of carbonyl (C=O) groups excluding carboxylic acids is 1. The van der Waals surface area contributed by atoms with Gasteiger partial charge in [0.25, 0.3) is 11.5 Å². The third kappa shape index (κ3) is 3.57. The summed E-state index contributed by atoms with van der Waals surface area (Å²) in [6.45, 7) is 3.64. The van der Waals surface area contributed by atoms with Crippen molar-refractivity contribution >= 4 is 5.91 Å². The first kappa shape index (κ1) is 16.5. The van der Waals surface area contributed by atoms with E-state index in [9.17, 15) is 9.59 Å². The maximum Gasteiger partial charge on any atom is 0.261 e. The van der Waals surface area contributed by atoms with Crippen LogP contribution in [-0.2, 0) is 0 Å². The summed E-state index contributed by atoms with van der Waals surface area (Å²) in [5.41, 5.74) is 2.58. The summed E-state index contributed by atoms with van der Waals surface area (Å²) in [6, 6.07) is 11.6. The average Bonchev–Trinajstić information content (AvgIpc) is 2.97. The molecule has 0 aliphatic carbocycles. The fourth-order valence-electron chi connectivity index (χ4n) is 3.18. The molecule has 2 aromatic rings. The molecule has 2 heterocycles. The number of nitrogens with zero attached hydrogens (tertiary/aromatic N) is 1. The fraction of sp³-hybridized carbons (Fsp3) is 0.368. The highest BCUT2D eigenvalue weighted by Crippen LogP contribution is 2.17. The van der Waals surface area contributed by atoms with Gasteiger partial charge in [-0.05, 0) is 57.1 Å². The molecule has 1 aromatic heterocycles. The summed E-state index contributed by atoms with van der Waals surface area (Å²) in [4.78, 5) is 29.6. The van der Waals surface area contributed by atoms with Crippen molar-refractivity contribution in [1.82, 2.24) is 15.2 Å². The van der Waals surface area contributed by atoms with Crippen LogP contribution in [0.2, 0.25) is 0 Å². The lowest BCUT2D eigenvalue weighted by molar-refractivity contribution is 0.0942. The molecule has 1 saturated heterocycles. The molecule has 1 amide bonds. The Labute approximate surface area is 141 Å². The molecule has 1 fully saturated rings. The molecular weight excluding hydrogens is 302 g/mol. The molecule has 5 nitrogen and oxygen atoms in total. The predicted octanol–water partition coefficient (Wildman–Crippen LogP) is 2.17. The molecule has 1 aliphatic rings. The molecule has 0 saturated carbocycles. The van der Waals surface area contributed by atoms with E-state index in [-0.39, 0.29) is 17.0 Å². The standard InChI is InChI=1S/C19H23N3O2/c1-13-5-3-6-14(11-13)17-9-8-16(19(24)21-17)18(23)20-12-15-7-4-10-22(15)2/h3,5-6,8-9,11,15H,4,7,10,12H2,1-2H3,(H,20,23)(H,21,24)/t15-/m0/s1. The third-order valence-electron chi connectivity index (χ3n) is 4.65. The Bertz CT molecular complexity index is 797. The van der Waals surface area contributed by atoms with E-state index in [0.29, 0.717) is 12.6 Å². The first-order chi connectivity index (χ1) is 11.5. The van der Waals surface area contributed by atoms with E-state index in [4.69, 9.17) is 0 Å². The van der Waals surface area contributed by atoms with Crippen LogP contribution in [0.4, 0.5) is 0 Å². The van der Waals surface area contributed by atoms with Gasteiger partial charge < -0.3 is 15.2 Å². The molecule has 5 heteroatoms. The Balaban J connectivity index is 1.72. The lowest BCUT2D eigenvalue weighted by atomic mass is 10.1. The number of carbonyl (C=O) groups is 1. The number of benzene rings is 1. The lowest BCUT2D eigenvalue weighted by Gasteiger charge is -2.19. The van der Waals surface area contributed by atoms with Gasteiger partial charge in [-0.2, -0.15) is 0 Å². The van der Waals surface area contributed by atoms with Crippen molar-refractivity contribution in [3.05, 3.63) is 57.9 Å². The Morgan fingerprint density at radius 1 is 1.33 bits per heavy atom. The van der Waals surface area contributed by atoms with Gasteiger partial charge in [-0.3, -0.25) is 9.59 Å². The number of hydrogen-bond donors (Lipinski definition) is 2. The summed E-state index contributed by atoms with van der Waals surface area (Å²) in [5, 5.41) is 2.88. The fourth-order valence-corrected chi connectivity index (χ4v) is 3.18. The summed E-state index contributed by atoms with van der Waals surface area (Å²) in [7, 11) is 2.06. The van der Waals surface area contributed by atoms with Gasteiger partial charge in [0, 0.05) is 18.3 Å². The van der Waals surface area contributed by atoms with Crippen molar-refractivity contribution in [2.45, 2.75) is 25.8 Å². The average molecular weight is 325 g/mol. The molecule has 24 heavy (non-hydrogen) atoms. The lowest BCUT2D eigenvalue weighted by Crippen LogP contribution is -2.39. The van der Waals surface area contributed by atoms with Crippen molar-refractivity contribution in [2.75, 3.05) is 20.1 Å². The maximum atomic E-state index is 12.3. The Kier molecular flexibility index (Phi) is 4.81. The van der Waals surface area contributed by atoms with Gasteiger partial charge in [-0.1, -0.05) is 23.8 Å². The largest absolute Gasteiger partial charge is 0.350 e. The Hall–Kier alpha value is -2.40. The van der Waals surface area contributed by atoms with Crippen LogP contribution in [0.15, 0.2) is 41.2 Å². The molecule has 0 unspecified atom stereocenters. The zero-order valence-electron chi connectivity index (χ0n) is 14.1. The number of hydrogen-bond acceptors (Lipinski definition) is 3. The van der Waals surface area contributed by atoms with E-state index in [1.165, 1.54) is 0 Å². The van der Waals surface area contributed by atoms with Crippen molar-refractivity contribution < 1.29 is 4.79 Å². The quantitative estimate of drug-likeness (QED) is 0.905. The number of aryl methyl sites for hydroxylation is 1. The van der Waals surface area contributed by atoms with Crippen LogP contribution < -0.4 is 10.9 Å². The third-order valence-corrected chi connectivity index (χ3v) is 4.65. The summed E-state index contributed by atoms with van der Waals surface area (Å²) >= 11 is 0. The molecule has 1 aliphatic heterocycles. The Morgan fingerprint density at radius 2 is 2.17 bits per heavy atom. The normalized spacial score (nSPS) is 17.8. The minimum absolute atomic E-state index is 0.159. The molecular formula is C19H23N3O2. The van der Waals surface area contributed by atoms with Crippen molar-refractivity contribution in [3.8, 4) is 11.3 Å². The first-order valence-electron chi connectivity index (χ1n) is 8.33. The minimum Gasteiger partial charge on any atom is -0.350 e. The molecule has 2 N–H and O–H groups in total. The highest BCUT2D eigenvalue weighted by Gasteiger charge is 2.21. The van der Waals surface area contributed by atoms with Gasteiger partial charge in [-0.15, -0.1) is 0 Å². The number of aromatic nitrogens is 1. The molecule has 1 aromatic carbocycles. The number of nitrogens with one attached hydrogen (secondary N) is 2. The van der Waals surface area contributed by atoms with Crippen LogP contribution in [0, 0.1) is 6.92 Å². The van der Waals surface area contributed by atoms with E-state index in [2.05, 4.69) is 22.2 Å². The van der Waals surface area contributed by atoms with Gasteiger partial charge in [0.2, 0.25) is 0 Å². The smallest absolute Gasteiger partial charge is 0.261 e. The van der Waals surface area contributed by atoms with Crippen LogP contribution in [0.3, 0.4) is 0 Å². The van der Waals surface area contributed by atoms with Crippen LogP contribution in [-0.4, -0.2) is 42.0 Å². The summed E-state index contributed by atoms with van der Waals surface area (Å²) in [6.07, 6.45) is 2.24. The van der Waals surface area contributed by atoms with Gasteiger partial charge >= 0.3 is 0 Å². The summed E-state index contributed by atoms with van der Waals surface area (Å²) < 4.78 is 0. The number of likely N-dealkylation sites (N-methyl/N-ethyl adjacent to an activating group) is 1. The zero-order chi connectivity index (χ0) is 17.1. The second-order valence-corrected chi connectivity index (χ2v) is 6.47. The van der Waals surface area contributed by atoms with E-state index < -0.39 is 0 Å². The van der Waals surface area contributed by atoms with Crippen LogP contribution in [0.5, 0.6) is 0 Å². The minimum atomic E-state index is -0.355. The summed E-state index contributed by atoms with van der Waals surface area (Å²) in [5.74, 6) is -0.313. The molecule has 0 bridgehead atoms. The van der Waals surface area contributed by atoms with Crippen LogP contribution in [0.1, 0.15) is 28.8 Å². The van der Waals surface area contributed by atoms with E-state index in [0.717, 1.165) is 36.2 Å². The second kappa shape index (κ2) is 7.01. The van der Waals surface area contributed by atoms with Crippen LogP contribution in [0.25, 0.3) is 11.3 Å². The number of likely N-dealkylation sites (tertiary alicyclic amines) is 1. The number of H-pyrrole nitrogens is 1. The maximum absolute atomic E-state index is 12.3. The second-order valence-electron chi connectivity index (χ2n) is 6.47. The zero-order valence-corrected chi connectivity index (χ0v) is 14.1. The van der Waals surface area contributed by atoms with Crippen molar-refractivity contribution in [1.29, 1.82) is 0 Å². The molecule has 3 rings (SSSR count). The number of rotatable bonds is 4. The monoisotopic (exact) mass is 325 g/mol. The first-order valence-corrected chi connectivity index (χ1v) is 8.33. The van der Waals surface area contributed by atoms with Crippen LogP contribution >= 0.6 is 0 Å². The van der Waals surface area contributed by atoms with Gasteiger partial charge in [0.05, 0.1) is 0 Å². The Morgan fingerprint density at radius 3 is 2.83 bits per heavy atom. The highest BCUT2D eigenvalue weighted by molar-refractivity contribution is 5.94. The highest BCUT2D eigenvalue weighted by atomic mass is 16.2. The van der Waals surface area contributed by atoms with Gasteiger partial charge in [0.15, 0.2) is 0 Å². The number of amides is 1. The number of pyridine rings is 1. The van der Waals surface area contributed by atoms with Crippen molar-refractivity contribution in [3.63, 3.8) is 0 Å². The van der Waals surface area contributed by atoms with Gasteiger partial charge in [0.1, 0.15) is 5.56 Å². The molecule has 126 valence electrons. The van der Waals surface area contributed by atoms with E-state index in [1.54, 1.807) is 12.1 Å². The van der Waals surface area contributed by atoms with E-state index in [1.807, 2.05) is 31.2 Å². The topological polar surface area (TPSA) is 65.2 Å². The SMILES string of the molecule is Cc1cccc(-c2ccc(C(=O)NC[C@@H]3CCCN3C)c(=O)[nH]2)c1. The van der Waals surface area contributed by atoms with Gasteiger partial charge in [-0.25, -0.2) is 0 Å². The molecule has 1 atom stereocenters. The van der Waals surface area contributed by atoms with Crippen molar-refractivity contribution in [2.24, 2.45) is 0 Å². The number of aromatic amines is 1. The van der Waals surface area contributed by atoms with E-state index >= 15 is 0 Å². The predicted molar refractivity (Wildman–Crippen MR) is 95.2 cm³/mol.